The Morgan fingerprint density at radius 2 is 1.14 bits per heavy atom. The molecule has 1 aromatic rings. The zero-order valence-electron chi connectivity index (χ0n) is 10.3. The molecule has 0 bridgehead atoms. The third-order valence-corrected chi connectivity index (χ3v) is 6.97. The normalized spacial score (nSPS) is 14.3. The van der Waals surface area contributed by atoms with Gasteiger partial charge in [-0.15, -0.1) is 0 Å². The van der Waals surface area contributed by atoms with Gasteiger partial charge in [0, 0.05) is 12.1 Å². The van der Waals surface area contributed by atoms with Crippen molar-refractivity contribution >= 4 is 19.7 Å². The van der Waals surface area contributed by atoms with E-state index in [0.717, 1.165) is 12.4 Å². The third-order valence-electron chi connectivity index (χ3n) is 2.47. The summed E-state index contributed by atoms with van der Waals surface area (Å²) in [6.45, 7) is -1.55. The molecule has 0 aliphatic carbocycles. The van der Waals surface area contributed by atoms with Gasteiger partial charge < -0.3 is 0 Å². The highest BCUT2D eigenvalue weighted by atomic mass is 32.3. The van der Waals surface area contributed by atoms with Gasteiger partial charge in [0.2, 0.25) is 4.58 Å². The van der Waals surface area contributed by atoms with Crippen LogP contribution in [0, 0.1) is 0 Å². The van der Waals surface area contributed by atoms with Gasteiger partial charge >= 0.3 is 11.0 Å². The van der Waals surface area contributed by atoms with Crippen molar-refractivity contribution in [1.29, 1.82) is 0 Å². The summed E-state index contributed by atoms with van der Waals surface area (Å²) in [5.74, 6) is 0. The zero-order valence-corrected chi connectivity index (χ0v) is 12.0. The number of aromatic nitrogens is 1. The van der Waals surface area contributed by atoms with Crippen LogP contribution in [-0.2, 0) is 26.2 Å². The molecular weight excluding hydrogens is 364 g/mol. The molecule has 0 aromatic carbocycles. The van der Waals surface area contributed by atoms with Crippen LogP contribution < -0.4 is 4.57 Å². The maximum Gasteiger partial charge on any atom is 0.498 e. The van der Waals surface area contributed by atoms with Crippen LogP contribution in [0.2, 0.25) is 0 Å². The molecule has 0 saturated heterocycles. The Morgan fingerprint density at radius 1 is 0.773 bits per heavy atom. The maximum absolute atomic E-state index is 12.5. The molecule has 0 unspecified atom stereocenters. The molecule has 0 spiro atoms. The summed E-state index contributed by atoms with van der Waals surface area (Å²) in [4.78, 5) is 0. The summed E-state index contributed by atoms with van der Waals surface area (Å²) in [7, 11) is -13.2. The molecule has 0 radical (unpaired) electrons. The number of sulfone groups is 2. The van der Waals surface area contributed by atoms with Gasteiger partial charge in [-0.3, -0.25) is 0 Å². The lowest BCUT2D eigenvalue weighted by molar-refractivity contribution is -0.694. The van der Waals surface area contributed by atoms with Crippen LogP contribution in [0.1, 0.15) is 0 Å². The second kappa shape index (κ2) is 5.68. The standard InChI is InChI=1S/C9H8F6NO4S2/c10-8(11,12)21(17,18)7(22(19,20)9(13,14)15)6-16-4-2-1-3-5-16/h1-5,7H,6H2/q+1. The predicted molar refractivity (Wildman–Crippen MR) is 60.4 cm³/mol. The molecule has 0 N–H and O–H groups in total. The van der Waals surface area contributed by atoms with Crippen LogP contribution in [0.15, 0.2) is 30.6 Å². The molecule has 0 aliphatic rings. The highest BCUT2D eigenvalue weighted by Gasteiger charge is 2.64. The van der Waals surface area contributed by atoms with Crippen LogP contribution in [-0.4, -0.2) is 32.4 Å². The first-order valence-corrected chi connectivity index (χ1v) is 8.35. The van der Waals surface area contributed by atoms with E-state index < -0.39 is 41.8 Å². The largest absolute Gasteiger partial charge is 0.498 e. The topological polar surface area (TPSA) is 72.2 Å². The van der Waals surface area contributed by atoms with Crippen molar-refractivity contribution in [3.63, 3.8) is 0 Å². The Labute approximate surface area is 121 Å². The van der Waals surface area contributed by atoms with Crippen molar-refractivity contribution in [2.45, 2.75) is 22.1 Å². The third kappa shape index (κ3) is 3.51. The number of nitrogens with zero attached hydrogens (tertiary/aromatic N) is 1. The van der Waals surface area contributed by atoms with Gasteiger partial charge in [-0.2, -0.15) is 26.3 Å². The van der Waals surface area contributed by atoms with E-state index >= 15 is 0 Å². The summed E-state index contributed by atoms with van der Waals surface area (Å²) in [6, 6.07) is 3.71. The van der Waals surface area contributed by atoms with Gasteiger partial charge in [0.1, 0.15) is 0 Å². The van der Waals surface area contributed by atoms with E-state index in [1.165, 1.54) is 18.2 Å². The Morgan fingerprint density at radius 3 is 1.45 bits per heavy atom. The van der Waals surface area contributed by atoms with Crippen LogP contribution in [0.5, 0.6) is 0 Å². The van der Waals surface area contributed by atoms with Crippen molar-refractivity contribution in [2.24, 2.45) is 0 Å². The summed E-state index contributed by atoms with van der Waals surface area (Å²) in [5.41, 5.74) is -12.3. The molecule has 1 rings (SSSR count). The molecule has 0 fully saturated rings. The number of hydrogen-bond donors (Lipinski definition) is 0. The number of pyridine rings is 1. The van der Waals surface area contributed by atoms with Crippen LogP contribution in [0.25, 0.3) is 0 Å². The summed E-state index contributed by atoms with van der Waals surface area (Å²) in [5, 5.41) is 0. The molecule has 22 heavy (non-hydrogen) atoms. The van der Waals surface area contributed by atoms with E-state index in [2.05, 4.69) is 0 Å². The predicted octanol–water partition coefficient (Wildman–Crippen LogP) is 1.17. The summed E-state index contributed by atoms with van der Waals surface area (Å²) >= 11 is 0. The van der Waals surface area contributed by atoms with Gasteiger partial charge in [-0.05, 0) is 0 Å². The summed E-state index contributed by atoms with van der Waals surface area (Å²) in [6.07, 6.45) is 1.87. The average molecular weight is 372 g/mol. The molecule has 0 amide bonds. The van der Waals surface area contributed by atoms with Crippen molar-refractivity contribution in [3.05, 3.63) is 30.6 Å². The van der Waals surface area contributed by atoms with E-state index in [1.54, 1.807) is 0 Å². The lowest BCUT2D eigenvalue weighted by Crippen LogP contribution is -2.52. The van der Waals surface area contributed by atoms with E-state index in [9.17, 15) is 43.2 Å². The fourth-order valence-electron chi connectivity index (χ4n) is 1.39. The first-order valence-electron chi connectivity index (χ1n) is 5.25. The number of halogens is 6. The van der Waals surface area contributed by atoms with Crippen LogP contribution in [0.4, 0.5) is 26.3 Å². The molecule has 1 aromatic heterocycles. The molecule has 0 aliphatic heterocycles. The van der Waals surface area contributed by atoms with E-state index in [0.29, 0.717) is 4.57 Å². The Kier molecular flexibility index (Phi) is 4.82. The van der Waals surface area contributed by atoms with Gasteiger partial charge in [0.15, 0.2) is 18.9 Å². The average Bonchev–Trinajstić information content (AvgIpc) is 2.34. The summed E-state index contributed by atoms with van der Waals surface area (Å²) < 4.78 is 117. The fraction of sp³-hybridized carbons (Fsp3) is 0.444. The van der Waals surface area contributed by atoms with Crippen molar-refractivity contribution < 1.29 is 47.7 Å². The van der Waals surface area contributed by atoms with Gasteiger partial charge in [-0.25, -0.2) is 21.4 Å². The zero-order chi connectivity index (χ0) is 17.4. The minimum atomic E-state index is -6.61. The van der Waals surface area contributed by atoms with Gasteiger partial charge in [-0.1, -0.05) is 6.07 Å². The Hall–Kier alpha value is -1.37. The number of rotatable bonds is 4. The molecule has 0 saturated carbocycles. The van der Waals surface area contributed by atoms with Crippen molar-refractivity contribution in [2.75, 3.05) is 0 Å². The molecule has 126 valence electrons. The highest BCUT2D eigenvalue weighted by Crippen LogP contribution is 2.36. The molecule has 0 atom stereocenters. The SMILES string of the molecule is O=S(=O)(C(C[n+]1ccccc1)S(=O)(=O)C(F)(F)F)C(F)(F)F. The Bertz CT molecular complexity index is 680. The number of alkyl halides is 6. The molecular formula is C9H8F6NO4S2+. The first-order chi connectivity index (χ1) is 9.71. The fourth-order valence-corrected chi connectivity index (χ4v) is 4.71. The van der Waals surface area contributed by atoms with Gasteiger partial charge in [0.25, 0.3) is 19.7 Å². The maximum atomic E-state index is 12.5. The molecule has 13 heteroatoms. The lowest BCUT2D eigenvalue weighted by Gasteiger charge is -2.18. The Balaban J connectivity index is 3.49. The monoisotopic (exact) mass is 372 g/mol. The van der Waals surface area contributed by atoms with E-state index in [1.807, 2.05) is 0 Å². The second-order valence-electron chi connectivity index (χ2n) is 3.98. The lowest BCUT2D eigenvalue weighted by atomic mass is 10.5. The van der Waals surface area contributed by atoms with Crippen LogP contribution in [0.3, 0.4) is 0 Å². The van der Waals surface area contributed by atoms with Crippen molar-refractivity contribution in [1.82, 2.24) is 0 Å². The van der Waals surface area contributed by atoms with Crippen molar-refractivity contribution in [3.8, 4) is 0 Å². The van der Waals surface area contributed by atoms with E-state index in [4.69, 9.17) is 0 Å². The first kappa shape index (κ1) is 18.7. The smallest absolute Gasteiger partial charge is 0.218 e. The van der Waals surface area contributed by atoms with Gasteiger partial charge in [0.05, 0.1) is 0 Å². The number of hydrogen-bond acceptors (Lipinski definition) is 4. The molecule has 1 heterocycles. The highest BCUT2D eigenvalue weighted by molar-refractivity contribution is 8.09. The van der Waals surface area contributed by atoms with Crippen LogP contribution >= 0.6 is 0 Å². The second-order valence-corrected chi connectivity index (χ2v) is 8.53. The quantitative estimate of drug-likeness (QED) is 0.588. The van der Waals surface area contributed by atoms with E-state index in [-0.39, 0.29) is 0 Å². The minimum Gasteiger partial charge on any atom is -0.218 e. The molecule has 5 nitrogen and oxygen atoms in total. The minimum absolute atomic E-state index is 0.594.